The molecule has 0 aliphatic carbocycles. The van der Waals surface area contributed by atoms with Crippen molar-refractivity contribution < 1.29 is 0 Å². The number of benzene rings is 3. The Morgan fingerprint density at radius 2 is 1.07 bits per heavy atom. The summed E-state index contributed by atoms with van der Waals surface area (Å²) in [5.41, 5.74) is 3.71. The summed E-state index contributed by atoms with van der Waals surface area (Å²) in [6.07, 6.45) is 0. The van der Waals surface area contributed by atoms with Gasteiger partial charge in [0, 0.05) is 23.0 Å². The van der Waals surface area contributed by atoms with E-state index in [0.29, 0.717) is 28.6 Å². The van der Waals surface area contributed by atoms with Gasteiger partial charge >= 0.3 is 0 Å². The highest BCUT2D eigenvalue weighted by Crippen LogP contribution is 2.25. The highest BCUT2D eigenvalue weighted by Gasteiger charge is 2.08. The molecule has 2 N–H and O–H groups in total. The predicted octanol–water partition coefficient (Wildman–Crippen LogP) is 5.37. The van der Waals surface area contributed by atoms with E-state index >= 15 is 0 Å². The van der Waals surface area contributed by atoms with Gasteiger partial charge in [0.05, 0.1) is 23.3 Å². The lowest BCUT2D eigenvalue weighted by Crippen LogP contribution is -2.02. The van der Waals surface area contributed by atoms with Crippen molar-refractivity contribution >= 4 is 23.0 Å². The lowest BCUT2D eigenvalue weighted by Gasteiger charge is -2.12. The lowest BCUT2D eigenvalue weighted by atomic mass is 10.2. The van der Waals surface area contributed by atoms with Crippen molar-refractivity contribution in [2.24, 2.45) is 0 Å². The van der Waals surface area contributed by atoms with Crippen molar-refractivity contribution in [1.82, 2.24) is 9.97 Å². The molecular formula is C24H16N6. The number of nitrogens with one attached hydrogen (secondary N) is 2. The fraction of sp³-hybridized carbons (Fsp3) is 0. The van der Waals surface area contributed by atoms with Crippen LogP contribution in [0.3, 0.4) is 0 Å². The van der Waals surface area contributed by atoms with Crippen LogP contribution in [0.4, 0.5) is 23.0 Å². The Balaban J connectivity index is 1.68. The molecule has 4 aromatic rings. The minimum Gasteiger partial charge on any atom is -0.340 e. The highest BCUT2D eigenvalue weighted by molar-refractivity contribution is 5.68. The van der Waals surface area contributed by atoms with E-state index in [9.17, 15) is 0 Å². The van der Waals surface area contributed by atoms with Crippen LogP contribution in [-0.4, -0.2) is 9.97 Å². The summed E-state index contributed by atoms with van der Waals surface area (Å²) in [5, 5.41) is 24.5. The molecule has 0 saturated heterocycles. The third-order valence-electron chi connectivity index (χ3n) is 4.33. The molecule has 0 amide bonds. The quantitative estimate of drug-likeness (QED) is 0.477. The number of hydrogen-bond acceptors (Lipinski definition) is 6. The molecule has 0 saturated carbocycles. The minimum absolute atomic E-state index is 0.574. The molecule has 0 atom stereocenters. The first-order valence-electron chi connectivity index (χ1n) is 9.22. The van der Waals surface area contributed by atoms with Gasteiger partial charge in [-0.15, -0.1) is 0 Å². The van der Waals surface area contributed by atoms with Gasteiger partial charge in [-0.3, -0.25) is 0 Å². The smallest absolute Gasteiger partial charge is 0.163 e. The van der Waals surface area contributed by atoms with Gasteiger partial charge in [0.15, 0.2) is 5.82 Å². The molecule has 0 spiro atoms. The van der Waals surface area contributed by atoms with Crippen LogP contribution in [0.15, 0.2) is 84.9 Å². The second-order valence-electron chi connectivity index (χ2n) is 6.46. The average Bonchev–Trinajstić information content (AvgIpc) is 2.80. The number of aromatic nitrogens is 2. The molecule has 142 valence electrons. The lowest BCUT2D eigenvalue weighted by molar-refractivity contribution is 1.17. The molecule has 0 radical (unpaired) electrons. The summed E-state index contributed by atoms with van der Waals surface area (Å²) in [4.78, 5) is 9.28. The summed E-state index contributed by atoms with van der Waals surface area (Å²) >= 11 is 0. The van der Waals surface area contributed by atoms with Crippen molar-refractivity contribution in [3.63, 3.8) is 0 Å². The van der Waals surface area contributed by atoms with Gasteiger partial charge in [-0.05, 0) is 48.5 Å². The second kappa shape index (κ2) is 8.55. The van der Waals surface area contributed by atoms with E-state index in [2.05, 4.69) is 32.7 Å². The third kappa shape index (κ3) is 4.41. The van der Waals surface area contributed by atoms with E-state index in [1.807, 2.05) is 60.7 Å². The van der Waals surface area contributed by atoms with E-state index in [1.165, 1.54) is 0 Å². The molecule has 6 heteroatoms. The van der Waals surface area contributed by atoms with Crippen LogP contribution in [0.2, 0.25) is 0 Å². The fourth-order valence-corrected chi connectivity index (χ4v) is 2.84. The maximum Gasteiger partial charge on any atom is 0.163 e. The van der Waals surface area contributed by atoms with Crippen LogP contribution in [0.25, 0.3) is 11.4 Å². The largest absolute Gasteiger partial charge is 0.340 e. The molecule has 0 bridgehead atoms. The van der Waals surface area contributed by atoms with Crippen LogP contribution in [0.5, 0.6) is 0 Å². The van der Waals surface area contributed by atoms with Gasteiger partial charge in [-0.25, -0.2) is 9.97 Å². The molecular weight excluding hydrogens is 372 g/mol. The number of hydrogen-bond donors (Lipinski definition) is 2. The van der Waals surface area contributed by atoms with E-state index in [0.717, 1.165) is 16.9 Å². The molecule has 6 nitrogen and oxygen atoms in total. The van der Waals surface area contributed by atoms with Crippen molar-refractivity contribution in [1.29, 1.82) is 10.5 Å². The number of nitrogens with zero attached hydrogens (tertiary/aromatic N) is 4. The third-order valence-corrected chi connectivity index (χ3v) is 4.33. The first kappa shape index (κ1) is 18.7. The number of rotatable bonds is 5. The van der Waals surface area contributed by atoms with Crippen LogP contribution >= 0.6 is 0 Å². The Labute approximate surface area is 174 Å². The Kier molecular flexibility index (Phi) is 5.32. The Morgan fingerprint density at radius 3 is 1.50 bits per heavy atom. The molecule has 30 heavy (non-hydrogen) atoms. The van der Waals surface area contributed by atoms with Crippen LogP contribution in [-0.2, 0) is 0 Å². The molecule has 0 aliphatic heterocycles. The summed E-state index contributed by atoms with van der Waals surface area (Å²) in [7, 11) is 0. The van der Waals surface area contributed by atoms with Gasteiger partial charge in [0.2, 0.25) is 0 Å². The molecule has 1 aromatic heterocycles. The van der Waals surface area contributed by atoms with Crippen LogP contribution in [0.1, 0.15) is 11.1 Å². The Hall–Kier alpha value is -4.68. The highest BCUT2D eigenvalue weighted by atomic mass is 15.1. The van der Waals surface area contributed by atoms with E-state index in [-0.39, 0.29) is 0 Å². The topological polar surface area (TPSA) is 97.4 Å². The van der Waals surface area contributed by atoms with Gasteiger partial charge in [-0.1, -0.05) is 30.3 Å². The minimum atomic E-state index is 0.574. The maximum absolute atomic E-state index is 8.97. The molecule has 0 fully saturated rings. The van der Waals surface area contributed by atoms with Crippen molar-refractivity contribution in [2.45, 2.75) is 0 Å². The Bertz CT molecular complexity index is 1160. The van der Waals surface area contributed by atoms with Gasteiger partial charge in [0.1, 0.15) is 11.6 Å². The standard InChI is InChI=1S/C24H16N6/c25-15-17-6-10-20(11-7-17)27-22-14-23(28-21-12-8-18(16-26)9-13-21)30-24(29-22)19-4-2-1-3-5-19/h1-14H,(H2,27,28,29,30). The van der Waals surface area contributed by atoms with Crippen molar-refractivity contribution in [2.75, 3.05) is 10.6 Å². The first-order chi connectivity index (χ1) is 14.7. The first-order valence-corrected chi connectivity index (χ1v) is 9.22. The molecule has 3 aromatic carbocycles. The van der Waals surface area contributed by atoms with Gasteiger partial charge in [0.25, 0.3) is 0 Å². The monoisotopic (exact) mass is 388 g/mol. The summed E-state index contributed by atoms with van der Waals surface area (Å²) in [6.45, 7) is 0. The van der Waals surface area contributed by atoms with Crippen LogP contribution < -0.4 is 10.6 Å². The molecule has 0 unspecified atom stereocenters. The van der Waals surface area contributed by atoms with E-state index < -0.39 is 0 Å². The molecule has 4 rings (SSSR count). The van der Waals surface area contributed by atoms with E-state index in [1.54, 1.807) is 24.3 Å². The zero-order chi connectivity index (χ0) is 20.8. The van der Waals surface area contributed by atoms with Gasteiger partial charge in [-0.2, -0.15) is 10.5 Å². The fourth-order valence-electron chi connectivity index (χ4n) is 2.84. The SMILES string of the molecule is N#Cc1ccc(Nc2cc(Nc3ccc(C#N)cc3)nc(-c3ccccc3)n2)cc1. The summed E-state index contributed by atoms with van der Waals surface area (Å²) in [5.74, 6) is 1.81. The van der Waals surface area contributed by atoms with Crippen LogP contribution in [0, 0.1) is 22.7 Å². The van der Waals surface area contributed by atoms with Crippen molar-refractivity contribution in [3.05, 3.63) is 96.1 Å². The second-order valence-corrected chi connectivity index (χ2v) is 6.46. The zero-order valence-electron chi connectivity index (χ0n) is 15.9. The average molecular weight is 388 g/mol. The molecule has 1 heterocycles. The maximum atomic E-state index is 8.97. The predicted molar refractivity (Wildman–Crippen MR) is 116 cm³/mol. The summed E-state index contributed by atoms with van der Waals surface area (Å²) < 4.78 is 0. The van der Waals surface area contributed by atoms with E-state index in [4.69, 9.17) is 10.5 Å². The molecule has 0 aliphatic rings. The zero-order valence-corrected chi connectivity index (χ0v) is 15.9. The van der Waals surface area contributed by atoms with Gasteiger partial charge < -0.3 is 10.6 Å². The van der Waals surface area contributed by atoms with Crippen molar-refractivity contribution in [3.8, 4) is 23.5 Å². The number of nitriles is 2. The summed E-state index contributed by atoms with van der Waals surface area (Å²) in [6, 6.07) is 30.1. The number of anilines is 4. The Morgan fingerprint density at radius 1 is 0.600 bits per heavy atom. The normalized spacial score (nSPS) is 9.93.